The Morgan fingerprint density at radius 3 is 2.85 bits per heavy atom. The number of ether oxygens (including phenoxy) is 2. The maximum absolute atomic E-state index is 13.6. The van der Waals surface area contributed by atoms with Gasteiger partial charge in [0.15, 0.2) is 5.69 Å². The summed E-state index contributed by atoms with van der Waals surface area (Å²) in [5, 5.41) is 9.11. The van der Waals surface area contributed by atoms with Crippen LogP contribution in [0.4, 0.5) is 0 Å². The van der Waals surface area contributed by atoms with Gasteiger partial charge in [-0.25, -0.2) is 0 Å². The number of benzene rings is 2. The van der Waals surface area contributed by atoms with Crippen LogP contribution >= 0.6 is 11.6 Å². The standard InChI is InChI=1S/C24H23ClN4O4/c1-28-18-8-4-3-7-16(18)20-21(23(30)26-13-15-6-5-11-33-15)27-29(24(31)22(20)28)14-9-10-19(32-2)17(25)12-14/h3-4,7-10,12,15H,5-6,11,13H2,1-2H3,(H,26,30). The van der Waals surface area contributed by atoms with E-state index in [1.54, 1.807) is 22.8 Å². The first-order valence-electron chi connectivity index (χ1n) is 10.7. The lowest BCUT2D eigenvalue weighted by atomic mass is 10.1. The molecule has 0 bridgehead atoms. The maximum Gasteiger partial charge on any atom is 0.296 e. The third-order valence-corrected chi connectivity index (χ3v) is 6.34. The summed E-state index contributed by atoms with van der Waals surface area (Å²) in [6.45, 7) is 1.09. The summed E-state index contributed by atoms with van der Waals surface area (Å²) in [7, 11) is 3.33. The fraction of sp³-hybridized carbons (Fsp3) is 0.292. The molecule has 1 N–H and O–H groups in total. The molecule has 2 aromatic carbocycles. The van der Waals surface area contributed by atoms with Crippen molar-refractivity contribution in [2.45, 2.75) is 18.9 Å². The SMILES string of the molecule is COc1ccc(-n2nc(C(=O)NCC3CCCO3)c3c4ccccc4n(C)c3c2=O)cc1Cl. The fourth-order valence-electron chi connectivity index (χ4n) is 4.40. The van der Waals surface area contributed by atoms with Crippen molar-refractivity contribution in [2.24, 2.45) is 7.05 Å². The minimum Gasteiger partial charge on any atom is -0.495 e. The molecular weight excluding hydrogens is 444 g/mol. The number of methoxy groups -OCH3 is 1. The molecule has 3 heterocycles. The van der Waals surface area contributed by atoms with Crippen molar-refractivity contribution in [3.05, 3.63) is 63.5 Å². The van der Waals surface area contributed by atoms with E-state index in [9.17, 15) is 9.59 Å². The van der Waals surface area contributed by atoms with Crippen LogP contribution in [0, 0.1) is 0 Å². The average Bonchev–Trinajstić information content (AvgIpc) is 3.45. The second-order valence-electron chi connectivity index (χ2n) is 8.03. The van der Waals surface area contributed by atoms with Gasteiger partial charge >= 0.3 is 0 Å². The molecule has 0 spiro atoms. The predicted molar refractivity (Wildman–Crippen MR) is 127 cm³/mol. The summed E-state index contributed by atoms with van der Waals surface area (Å²) in [6.07, 6.45) is 1.87. The highest BCUT2D eigenvalue weighted by atomic mass is 35.5. The molecule has 1 aliphatic heterocycles. The van der Waals surface area contributed by atoms with E-state index >= 15 is 0 Å². The molecule has 0 aliphatic carbocycles. The Bertz CT molecular complexity index is 1440. The van der Waals surface area contributed by atoms with Gasteiger partial charge in [0.05, 0.1) is 23.9 Å². The third kappa shape index (κ3) is 3.65. The lowest BCUT2D eigenvalue weighted by Gasteiger charge is -2.13. The quantitative estimate of drug-likeness (QED) is 0.486. The van der Waals surface area contributed by atoms with Crippen LogP contribution in [0.15, 0.2) is 47.3 Å². The molecule has 1 amide bonds. The summed E-state index contributed by atoms with van der Waals surface area (Å²) in [6, 6.07) is 12.5. The smallest absolute Gasteiger partial charge is 0.296 e. The van der Waals surface area contributed by atoms with Crippen molar-refractivity contribution in [2.75, 3.05) is 20.3 Å². The molecule has 1 unspecified atom stereocenters. The van der Waals surface area contributed by atoms with E-state index in [-0.39, 0.29) is 23.3 Å². The number of hydrogen-bond acceptors (Lipinski definition) is 5. The summed E-state index contributed by atoms with van der Waals surface area (Å²) >= 11 is 6.30. The normalized spacial score (nSPS) is 15.9. The van der Waals surface area contributed by atoms with Crippen molar-refractivity contribution in [1.29, 1.82) is 0 Å². The first-order chi connectivity index (χ1) is 16.0. The van der Waals surface area contributed by atoms with Gasteiger partial charge in [0, 0.05) is 36.5 Å². The van der Waals surface area contributed by atoms with E-state index in [1.807, 2.05) is 31.3 Å². The second kappa shape index (κ2) is 8.53. The molecule has 4 aromatic rings. The molecule has 0 saturated carbocycles. The Hall–Kier alpha value is -3.36. The molecule has 9 heteroatoms. The zero-order valence-corrected chi connectivity index (χ0v) is 19.1. The average molecular weight is 467 g/mol. The van der Waals surface area contributed by atoms with Gasteiger partial charge in [-0.05, 0) is 37.1 Å². The molecule has 33 heavy (non-hydrogen) atoms. The number of hydrogen-bond donors (Lipinski definition) is 1. The molecule has 0 radical (unpaired) electrons. The Balaban J connectivity index is 1.72. The lowest BCUT2D eigenvalue weighted by Crippen LogP contribution is -2.34. The van der Waals surface area contributed by atoms with E-state index in [0.29, 0.717) is 40.5 Å². The summed E-state index contributed by atoms with van der Waals surface area (Å²) in [4.78, 5) is 26.9. The van der Waals surface area contributed by atoms with Crippen molar-refractivity contribution in [1.82, 2.24) is 19.7 Å². The number of halogens is 1. The first kappa shape index (κ1) is 21.5. The van der Waals surface area contributed by atoms with Crippen molar-refractivity contribution < 1.29 is 14.3 Å². The van der Waals surface area contributed by atoms with E-state index in [1.165, 1.54) is 11.8 Å². The Morgan fingerprint density at radius 1 is 1.30 bits per heavy atom. The number of nitrogens with zero attached hydrogens (tertiary/aromatic N) is 3. The number of fused-ring (bicyclic) bond motifs is 3. The first-order valence-corrected chi connectivity index (χ1v) is 11.1. The lowest BCUT2D eigenvalue weighted by molar-refractivity contribution is 0.0854. The topological polar surface area (TPSA) is 87.4 Å². The van der Waals surface area contributed by atoms with E-state index in [2.05, 4.69) is 10.4 Å². The zero-order valence-electron chi connectivity index (χ0n) is 18.3. The van der Waals surface area contributed by atoms with Gasteiger partial charge in [0.2, 0.25) is 0 Å². The molecule has 1 saturated heterocycles. The van der Waals surface area contributed by atoms with Gasteiger partial charge < -0.3 is 19.4 Å². The molecule has 5 rings (SSSR count). The number of amides is 1. The van der Waals surface area contributed by atoms with E-state index in [4.69, 9.17) is 21.1 Å². The number of aryl methyl sites for hydroxylation is 1. The molecule has 1 fully saturated rings. The van der Waals surface area contributed by atoms with Crippen LogP contribution in [0.25, 0.3) is 27.5 Å². The summed E-state index contributed by atoms with van der Waals surface area (Å²) < 4.78 is 13.9. The molecule has 8 nitrogen and oxygen atoms in total. The molecule has 2 aromatic heterocycles. The van der Waals surface area contributed by atoms with Crippen molar-refractivity contribution in [3.63, 3.8) is 0 Å². The van der Waals surface area contributed by atoms with E-state index in [0.717, 1.165) is 23.7 Å². The monoisotopic (exact) mass is 466 g/mol. The Labute approximate surface area is 194 Å². The van der Waals surface area contributed by atoms with Crippen LogP contribution in [0.1, 0.15) is 23.3 Å². The van der Waals surface area contributed by atoms with Gasteiger partial charge in [-0.3, -0.25) is 9.59 Å². The van der Waals surface area contributed by atoms with Crippen LogP contribution in [-0.2, 0) is 11.8 Å². The largest absolute Gasteiger partial charge is 0.495 e. The van der Waals surface area contributed by atoms with Crippen LogP contribution in [0.5, 0.6) is 5.75 Å². The highest BCUT2D eigenvalue weighted by Crippen LogP contribution is 2.30. The minimum atomic E-state index is -0.361. The van der Waals surface area contributed by atoms with Crippen molar-refractivity contribution >= 4 is 39.3 Å². The second-order valence-corrected chi connectivity index (χ2v) is 8.44. The van der Waals surface area contributed by atoms with Crippen LogP contribution in [0.2, 0.25) is 5.02 Å². The van der Waals surface area contributed by atoms with Crippen LogP contribution < -0.4 is 15.6 Å². The van der Waals surface area contributed by atoms with Gasteiger partial charge in [-0.1, -0.05) is 29.8 Å². The van der Waals surface area contributed by atoms with Crippen LogP contribution in [-0.4, -0.2) is 46.6 Å². The highest BCUT2D eigenvalue weighted by Gasteiger charge is 2.25. The number of aromatic nitrogens is 3. The maximum atomic E-state index is 13.6. The summed E-state index contributed by atoms with van der Waals surface area (Å²) in [5.41, 5.74) is 1.49. The predicted octanol–water partition coefficient (Wildman–Crippen LogP) is 3.45. The Morgan fingerprint density at radius 2 is 2.12 bits per heavy atom. The van der Waals surface area contributed by atoms with Crippen molar-refractivity contribution in [3.8, 4) is 11.4 Å². The van der Waals surface area contributed by atoms with Gasteiger partial charge in [-0.2, -0.15) is 9.78 Å². The van der Waals surface area contributed by atoms with Gasteiger partial charge in [0.1, 0.15) is 11.3 Å². The van der Waals surface area contributed by atoms with Gasteiger partial charge in [-0.15, -0.1) is 0 Å². The minimum absolute atomic E-state index is 0.0109. The number of rotatable bonds is 5. The number of carbonyl (C=O) groups is 1. The highest BCUT2D eigenvalue weighted by molar-refractivity contribution is 6.32. The number of para-hydroxylation sites is 1. The molecular formula is C24H23ClN4O4. The van der Waals surface area contributed by atoms with Gasteiger partial charge in [0.25, 0.3) is 11.5 Å². The van der Waals surface area contributed by atoms with E-state index < -0.39 is 0 Å². The third-order valence-electron chi connectivity index (χ3n) is 6.05. The zero-order chi connectivity index (χ0) is 23.1. The molecule has 1 atom stereocenters. The number of nitrogens with one attached hydrogen (secondary N) is 1. The fourth-order valence-corrected chi connectivity index (χ4v) is 4.65. The number of carbonyl (C=O) groups excluding carboxylic acids is 1. The Kier molecular flexibility index (Phi) is 5.55. The van der Waals surface area contributed by atoms with Crippen LogP contribution in [0.3, 0.4) is 0 Å². The summed E-state index contributed by atoms with van der Waals surface area (Å²) in [5.74, 6) is 0.119. The molecule has 1 aliphatic rings. The molecule has 170 valence electrons.